The second-order valence-corrected chi connectivity index (χ2v) is 9.09. The van der Waals surface area contributed by atoms with E-state index in [1.54, 1.807) is 29.2 Å². The van der Waals surface area contributed by atoms with Gasteiger partial charge in [-0.1, -0.05) is 39.8 Å². The first-order valence-corrected chi connectivity index (χ1v) is 12.7. The van der Waals surface area contributed by atoms with Crippen molar-refractivity contribution < 1.29 is 28.7 Å². The average Bonchev–Trinajstić information content (AvgIpc) is 2.82. The van der Waals surface area contributed by atoms with Gasteiger partial charge in [0.2, 0.25) is 12.3 Å². The van der Waals surface area contributed by atoms with Crippen molar-refractivity contribution in [2.24, 2.45) is 5.92 Å². The molecule has 9 nitrogen and oxygen atoms in total. The first-order chi connectivity index (χ1) is 16.7. The van der Waals surface area contributed by atoms with E-state index in [0.29, 0.717) is 43.8 Å². The third kappa shape index (κ3) is 11.5. The number of hydrogen-bond donors (Lipinski definition) is 3. The van der Waals surface area contributed by atoms with Crippen LogP contribution in [-0.2, 0) is 25.7 Å². The Labute approximate surface area is 213 Å². The van der Waals surface area contributed by atoms with Crippen molar-refractivity contribution in [3.63, 3.8) is 0 Å². The Balaban J connectivity index is 2.75. The molecule has 1 aromatic rings. The minimum absolute atomic E-state index is 0.110. The lowest BCUT2D eigenvalue weighted by Gasteiger charge is -2.22. The number of esters is 1. The smallest absolute Gasteiger partial charge is 0.410 e. The molecule has 196 valence electrons. The molecule has 10 heteroatoms. The maximum Gasteiger partial charge on any atom is 0.410 e. The van der Waals surface area contributed by atoms with Gasteiger partial charge in [-0.25, -0.2) is 9.59 Å². The van der Waals surface area contributed by atoms with Crippen LogP contribution in [0.25, 0.3) is 0 Å². The van der Waals surface area contributed by atoms with Crippen LogP contribution in [0.1, 0.15) is 58.9 Å². The van der Waals surface area contributed by atoms with E-state index >= 15 is 0 Å². The number of carbonyl (C=O) groups is 4. The topological polar surface area (TPSA) is 114 Å². The van der Waals surface area contributed by atoms with Crippen LogP contribution < -0.4 is 15.4 Å². The fourth-order valence-corrected chi connectivity index (χ4v) is 3.63. The van der Waals surface area contributed by atoms with Crippen LogP contribution in [-0.4, -0.2) is 60.2 Å². The van der Waals surface area contributed by atoms with Gasteiger partial charge in [-0.15, -0.1) is 0 Å². The maximum absolute atomic E-state index is 12.8. The van der Waals surface area contributed by atoms with E-state index in [-0.39, 0.29) is 18.6 Å². The second kappa shape index (κ2) is 16.8. The van der Waals surface area contributed by atoms with E-state index in [9.17, 15) is 19.2 Å². The summed E-state index contributed by atoms with van der Waals surface area (Å²) < 4.78 is 10.9. The van der Waals surface area contributed by atoms with Gasteiger partial charge in [0.15, 0.2) is 0 Å². The highest BCUT2D eigenvalue weighted by Crippen LogP contribution is 2.16. The van der Waals surface area contributed by atoms with Crippen molar-refractivity contribution >= 4 is 37.0 Å². The van der Waals surface area contributed by atoms with Crippen LogP contribution in [0, 0.1) is 5.92 Å². The van der Waals surface area contributed by atoms with E-state index in [0.717, 1.165) is 18.4 Å². The molecule has 0 saturated carbocycles. The summed E-state index contributed by atoms with van der Waals surface area (Å²) >= 11 is 4.11. The molecule has 0 aliphatic rings. The maximum atomic E-state index is 12.8. The molecule has 35 heavy (non-hydrogen) atoms. The highest BCUT2D eigenvalue weighted by molar-refractivity contribution is 7.80. The summed E-state index contributed by atoms with van der Waals surface area (Å²) in [5, 5.41) is 5.13. The number of nitrogens with one attached hydrogen (secondary N) is 2. The highest BCUT2D eigenvalue weighted by atomic mass is 32.1. The Morgan fingerprint density at radius 1 is 1.06 bits per heavy atom. The minimum atomic E-state index is -0.873. The molecule has 0 spiro atoms. The quantitative estimate of drug-likeness (QED) is 0.136. The van der Waals surface area contributed by atoms with Gasteiger partial charge >= 0.3 is 12.1 Å². The summed E-state index contributed by atoms with van der Waals surface area (Å²) in [4.78, 5) is 50.1. The lowest BCUT2D eigenvalue weighted by atomic mass is 10.0. The Hall–Kier alpha value is -2.75. The standard InChI is InChI=1S/C25H39N3O6S/c1-5-12-28(13-6-2)25(32)33-16-19-7-9-20(10-8-19)34-24(31)22(15-18(3)4)27-23(30)21(11-14-35)26-17-29/h7-10,17-18,21-22,35H,5-6,11-16H2,1-4H3,(H,26,29)(H,27,30). The molecule has 0 aliphatic heterocycles. The van der Waals surface area contributed by atoms with Crippen molar-refractivity contribution in [2.45, 2.75) is 72.1 Å². The second-order valence-electron chi connectivity index (χ2n) is 8.65. The van der Waals surface area contributed by atoms with E-state index in [2.05, 4.69) is 23.3 Å². The van der Waals surface area contributed by atoms with E-state index in [4.69, 9.17) is 9.47 Å². The van der Waals surface area contributed by atoms with Gasteiger partial charge in [-0.05, 0) is 55.1 Å². The van der Waals surface area contributed by atoms with Gasteiger partial charge in [0.1, 0.15) is 24.4 Å². The van der Waals surface area contributed by atoms with Crippen LogP contribution in [0.5, 0.6) is 5.75 Å². The molecule has 2 N–H and O–H groups in total. The Morgan fingerprint density at radius 2 is 1.69 bits per heavy atom. The fourth-order valence-electron chi connectivity index (χ4n) is 3.37. The molecular formula is C25H39N3O6S. The summed E-state index contributed by atoms with van der Waals surface area (Å²) in [6.07, 6.45) is 2.52. The summed E-state index contributed by atoms with van der Waals surface area (Å²) in [6, 6.07) is 5.01. The molecule has 2 atom stereocenters. The number of hydrogen-bond acceptors (Lipinski definition) is 7. The van der Waals surface area contributed by atoms with Crippen molar-refractivity contribution in [1.29, 1.82) is 0 Å². The van der Waals surface area contributed by atoms with E-state index in [1.807, 2.05) is 27.7 Å². The molecule has 0 fully saturated rings. The third-order valence-electron chi connectivity index (χ3n) is 5.06. The molecule has 1 rings (SSSR count). The largest absolute Gasteiger partial charge is 0.445 e. The van der Waals surface area contributed by atoms with Gasteiger partial charge < -0.3 is 25.0 Å². The van der Waals surface area contributed by atoms with Gasteiger partial charge in [0.05, 0.1) is 0 Å². The predicted octanol–water partition coefficient (Wildman–Crippen LogP) is 3.32. The summed E-state index contributed by atoms with van der Waals surface area (Å²) in [5.74, 6) is -0.241. The number of carbonyl (C=O) groups excluding carboxylic acids is 4. The molecule has 0 radical (unpaired) electrons. The summed E-state index contributed by atoms with van der Waals surface area (Å²) in [5.41, 5.74) is 0.757. The minimum Gasteiger partial charge on any atom is -0.445 e. The number of ether oxygens (including phenoxy) is 2. The van der Waals surface area contributed by atoms with E-state index < -0.39 is 24.0 Å². The lowest BCUT2D eigenvalue weighted by Crippen LogP contribution is -2.51. The average molecular weight is 510 g/mol. The molecule has 0 saturated heterocycles. The third-order valence-corrected chi connectivity index (χ3v) is 5.32. The van der Waals surface area contributed by atoms with Crippen LogP contribution >= 0.6 is 12.6 Å². The van der Waals surface area contributed by atoms with Crippen molar-refractivity contribution in [1.82, 2.24) is 15.5 Å². The molecule has 1 aromatic carbocycles. The normalized spacial score (nSPS) is 12.4. The van der Waals surface area contributed by atoms with E-state index in [1.165, 1.54) is 0 Å². The van der Waals surface area contributed by atoms with Crippen LogP contribution in [0.3, 0.4) is 0 Å². The number of amides is 3. The first kappa shape index (κ1) is 30.3. The van der Waals surface area contributed by atoms with Gasteiger partial charge in [0, 0.05) is 13.1 Å². The first-order valence-electron chi connectivity index (χ1n) is 12.1. The molecular weight excluding hydrogens is 470 g/mol. The number of nitrogens with zero attached hydrogens (tertiary/aromatic N) is 1. The SMILES string of the molecule is CCCN(CCC)C(=O)OCc1ccc(OC(=O)C(CC(C)C)NC(=O)C(CCS)NC=O)cc1. The highest BCUT2D eigenvalue weighted by Gasteiger charge is 2.27. The van der Waals surface area contributed by atoms with Gasteiger partial charge in [0.25, 0.3) is 0 Å². The zero-order valence-electron chi connectivity index (χ0n) is 21.1. The Bertz CT molecular complexity index is 797. The zero-order chi connectivity index (χ0) is 26.2. The van der Waals surface area contributed by atoms with Gasteiger partial charge in [-0.2, -0.15) is 12.6 Å². The van der Waals surface area contributed by atoms with Crippen molar-refractivity contribution in [2.75, 3.05) is 18.8 Å². The number of rotatable bonds is 16. The molecule has 0 heterocycles. The Morgan fingerprint density at radius 3 is 2.20 bits per heavy atom. The van der Waals surface area contributed by atoms with Crippen molar-refractivity contribution in [3.8, 4) is 5.75 Å². The molecule has 0 aromatic heterocycles. The number of thiol groups is 1. The monoisotopic (exact) mass is 509 g/mol. The summed E-state index contributed by atoms with van der Waals surface area (Å²) in [7, 11) is 0. The van der Waals surface area contributed by atoms with Gasteiger partial charge in [-0.3, -0.25) is 9.59 Å². The van der Waals surface area contributed by atoms with Crippen LogP contribution in [0.15, 0.2) is 24.3 Å². The fraction of sp³-hybridized carbons (Fsp3) is 0.600. The zero-order valence-corrected chi connectivity index (χ0v) is 22.0. The Kier molecular flexibility index (Phi) is 14.5. The van der Waals surface area contributed by atoms with Crippen LogP contribution in [0.2, 0.25) is 0 Å². The molecule has 2 unspecified atom stereocenters. The number of benzene rings is 1. The lowest BCUT2D eigenvalue weighted by molar-refractivity contribution is -0.140. The van der Waals surface area contributed by atoms with Crippen molar-refractivity contribution in [3.05, 3.63) is 29.8 Å². The molecule has 0 bridgehead atoms. The molecule has 3 amide bonds. The molecule has 0 aliphatic carbocycles. The van der Waals surface area contributed by atoms with Crippen LogP contribution in [0.4, 0.5) is 4.79 Å². The predicted molar refractivity (Wildman–Crippen MR) is 137 cm³/mol. The summed E-state index contributed by atoms with van der Waals surface area (Å²) in [6.45, 7) is 9.29.